The van der Waals surface area contributed by atoms with E-state index in [1.165, 1.54) is 7.11 Å². The van der Waals surface area contributed by atoms with Gasteiger partial charge in [0, 0.05) is 19.1 Å². The number of methoxy groups -OCH3 is 1. The highest BCUT2D eigenvalue weighted by molar-refractivity contribution is 5.85. The van der Waals surface area contributed by atoms with Crippen LogP contribution in [0, 0.1) is 0 Å². The van der Waals surface area contributed by atoms with Crippen molar-refractivity contribution in [3.8, 4) is 0 Å². The molecular formula is C13H25ClN4O3. The van der Waals surface area contributed by atoms with Gasteiger partial charge in [-0.05, 0) is 6.92 Å². The Balaban J connectivity index is 0.00000400. The third-order valence-electron chi connectivity index (χ3n) is 2.87. The summed E-state index contributed by atoms with van der Waals surface area (Å²) in [6, 6.07) is -0.346. The Hall–Kier alpha value is -1.18. The van der Waals surface area contributed by atoms with Crippen molar-refractivity contribution in [2.75, 3.05) is 13.7 Å². The first kappa shape index (κ1) is 19.8. The average Bonchev–Trinajstić information content (AvgIpc) is 2.85. The van der Waals surface area contributed by atoms with Crippen molar-refractivity contribution < 1.29 is 14.1 Å². The van der Waals surface area contributed by atoms with E-state index in [0.29, 0.717) is 18.3 Å². The van der Waals surface area contributed by atoms with E-state index >= 15 is 0 Å². The highest BCUT2D eigenvalue weighted by Crippen LogP contribution is 2.20. The van der Waals surface area contributed by atoms with Crippen LogP contribution in [0.15, 0.2) is 4.52 Å². The fraction of sp³-hybridized carbons (Fsp3) is 0.769. The summed E-state index contributed by atoms with van der Waals surface area (Å²) in [5.41, 5.74) is 5.29. The molecule has 8 heteroatoms. The van der Waals surface area contributed by atoms with Crippen LogP contribution in [-0.4, -0.2) is 35.8 Å². The maximum absolute atomic E-state index is 11.8. The van der Waals surface area contributed by atoms with E-state index in [0.717, 1.165) is 0 Å². The Bertz CT molecular complexity index is 441. The fourth-order valence-corrected chi connectivity index (χ4v) is 1.55. The zero-order valence-corrected chi connectivity index (χ0v) is 14.0. The Morgan fingerprint density at radius 3 is 2.52 bits per heavy atom. The molecule has 0 spiro atoms. The molecule has 7 nitrogen and oxygen atoms in total. The van der Waals surface area contributed by atoms with Crippen molar-refractivity contribution >= 4 is 18.3 Å². The quantitative estimate of drug-likeness (QED) is 0.819. The lowest BCUT2D eigenvalue weighted by molar-refractivity contribution is -0.124. The van der Waals surface area contributed by atoms with E-state index in [-0.39, 0.29) is 42.3 Å². The second-order valence-electron chi connectivity index (χ2n) is 5.79. The highest BCUT2D eigenvalue weighted by atomic mass is 35.5. The van der Waals surface area contributed by atoms with Crippen molar-refractivity contribution in [2.45, 2.75) is 51.7 Å². The maximum atomic E-state index is 11.8. The molecule has 0 saturated carbocycles. The van der Waals surface area contributed by atoms with Gasteiger partial charge in [0.1, 0.15) is 6.04 Å². The predicted molar refractivity (Wildman–Crippen MR) is 81.3 cm³/mol. The molecule has 0 aromatic carbocycles. The van der Waals surface area contributed by atoms with Gasteiger partial charge in [0.05, 0.1) is 12.5 Å². The number of nitrogens with one attached hydrogen (secondary N) is 1. The molecule has 0 fully saturated rings. The van der Waals surface area contributed by atoms with Crippen molar-refractivity contribution in [1.29, 1.82) is 0 Å². The van der Waals surface area contributed by atoms with Gasteiger partial charge in [-0.25, -0.2) is 0 Å². The molecule has 0 aliphatic rings. The van der Waals surface area contributed by atoms with Gasteiger partial charge in [-0.3, -0.25) is 4.79 Å². The SMILES string of the molecule is COC(CN)CC(=O)NC(C)c1nc(C(C)(C)C)no1.Cl. The van der Waals surface area contributed by atoms with Gasteiger partial charge in [0.15, 0.2) is 5.82 Å². The lowest BCUT2D eigenvalue weighted by Gasteiger charge is -2.14. The van der Waals surface area contributed by atoms with Gasteiger partial charge in [-0.2, -0.15) is 4.98 Å². The summed E-state index contributed by atoms with van der Waals surface area (Å²) in [5, 5.41) is 6.72. The van der Waals surface area contributed by atoms with Crippen LogP contribution in [-0.2, 0) is 14.9 Å². The molecule has 0 aliphatic carbocycles. The number of carbonyl (C=O) groups excluding carboxylic acids is 1. The summed E-state index contributed by atoms with van der Waals surface area (Å²) in [4.78, 5) is 16.1. The summed E-state index contributed by atoms with van der Waals surface area (Å²) < 4.78 is 10.2. The standard InChI is InChI=1S/C13H24N4O3.ClH/c1-8(15-10(18)6-9(7-14)19-5)11-16-12(17-20-11)13(2,3)4;/h8-9H,6-7,14H2,1-5H3,(H,15,18);1H. The number of nitrogens with zero attached hydrogens (tertiary/aromatic N) is 2. The van der Waals surface area contributed by atoms with Crippen molar-refractivity contribution in [1.82, 2.24) is 15.5 Å². The number of nitrogens with two attached hydrogens (primary N) is 1. The zero-order valence-electron chi connectivity index (χ0n) is 13.2. The molecule has 1 aromatic rings. The van der Waals surface area contributed by atoms with E-state index < -0.39 is 0 Å². The van der Waals surface area contributed by atoms with Gasteiger partial charge >= 0.3 is 0 Å². The normalized spacial score (nSPS) is 14.2. The molecule has 1 heterocycles. The molecule has 0 radical (unpaired) electrons. The van der Waals surface area contributed by atoms with Crippen LogP contribution in [0.1, 0.15) is 51.9 Å². The van der Waals surface area contributed by atoms with Crippen LogP contribution in [0.2, 0.25) is 0 Å². The second kappa shape index (κ2) is 8.31. The van der Waals surface area contributed by atoms with Gasteiger partial charge in [0.25, 0.3) is 0 Å². The fourth-order valence-electron chi connectivity index (χ4n) is 1.55. The first-order valence-corrected chi connectivity index (χ1v) is 6.64. The van der Waals surface area contributed by atoms with E-state index in [1.54, 1.807) is 6.92 Å². The van der Waals surface area contributed by atoms with Gasteiger partial charge in [-0.15, -0.1) is 12.4 Å². The Labute approximate surface area is 131 Å². The molecule has 122 valence electrons. The molecule has 2 unspecified atom stereocenters. The first-order valence-electron chi connectivity index (χ1n) is 6.64. The van der Waals surface area contributed by atoms with E-state index in [4.69, 9.17) is 15.0 Å². The number of halogens is 1. The summed E-state index contributed by atoms with van der Waals surface area (Å²) in [6.07, 6.45) is -0.0764. The Morgan fingerprint density at radius 1 is 1.48 bits per heavy atom. The molecule has 0 bridgehead atoms. The van der Waals surface area contributed by atoms with Crippen molar-refractivity contribution in [3.63, 3.8) is 0 Å². The Kier molecular flexibility index (Phi) is 7.84. The van der Waals surface area contributed by atoms with Crippen molar-refractivity contribution in [2.24, 2.45) is 5.73 Å². The molecule has 2 atom stereocenters. The second-order valence-corrected chi connectivity index (χ2v) is 5.79. The topological polar surface area (TPSA) is 103 Å². The molecule has 0 aliphatic heterocycles. The summed E-state index contributed by atoms with van der Waals surface area (Å²) in [7, 11) is 1.53. The Morgan fingerprint density at radius 2 is 2.10 bits per heavy atom. The summed E-state index contributed by atoms with van der Waals surface area (Å²) in [6.45, 7) is 8.08. The number of ether oxygens (including phenoxy) is 1. The van der Waals surface area contributed by atoms with Gasteiger partial charge < -0.3 is 20.3 Å². The van der Waals surface area contributed by atoms with Crippen LogP contribution < -0.4 is 11.1 Å². The molecule has 1 amide bonds. The van der Waals surface area contributed by atoms with Crippen LogP contribution in [0.3, 0.4) is 0 Å². The maximum Gasteiger partial charge on any atom is 0.248 e. The van der Waals surface area contributed by atoms with Gasteiger partial charge in [-0.1, -0.05) is 25.9 Å². The number of rotatable bonds is 6. The number of amides is 1. The minimum Gasteiger partial charge on any atom is -0.380 e. The molecular weight excluding hydrogens is 296 g/mol. The van der Waals surface area contributed by atoms with E-state index in [9.17, 15) is 4.79 Å². The summed E-state index contributed by atoms with van der Waals surface area (Å²) in [5.74, 6) is 0.848. The molecule has 1 aromatic heterocycles. The highest BCUT2D eigenvalue weighted by Gasteiger charge is 2.24. The van der Waals surface area contributed by atoms with E-state index in [2.05, 4.69) is 15.5 Å². The minimum absolute atomic E-state index is 0. The third kappa shape index (κ3) is 5.99. The van der Waals surface area contributed by atoms with E-state index in [1.807, 2.05) is 20.8 Å². The van der Waals surface area contributed by atoms with Crippen LogP contribution in [0.25, 0.3) is 0 Å². The minimum atomic E-state index is -0.346. The summed E-state index contributed by atoms with van der Waals surface area (Å²) >= 11 is 0. The number of carbonyl (C=O) groups is 1. The third-order valence-corrected chi connectivity index (χ3v) is 2.87. The molecule has 3 N–H and O–H groups in total. The number of hydrogen-bond acceptors (Lipinski definition) is 6. The van der Waals surface area contributed by atoms with Gasteiger partial charge in [0.2, 0.25) is 11.8 Å². The molecule has 21 heavy (non-hydrogen) atoms. The van der Waals surface area contributed by atoms with Crippen LogP contribution in [0.4, 0.5) is 0 Å². The lowest BCUT2D eigenvalue weighted by atomic mass is 9.96. The average molecular weight is 321 g/mol. The first-order chi connectivity index (χ1) is 9.27. The largest absolute Gasteiger partial charge is 0.380 e. The smallest absolute Gasteiger partial charge is 0.248 e. The lowest BCUT2D eigenvalue weighted by Crippen LogP contribution is -2.33. The monoisotopic (exact) mass is 320 g/mol. The number of aromatic nitrogens is 2. The van der Waals surface area contributed by atoms with Crippen LogP contribution in [0.5, 0.6) is 0 Å². The zero-order chi connectivity index (χ0) is 15.3. The number of hydrogen-bond donors (Lipinski definition) is 2. The molecule has 0 saturated heterocycles. The molecule has 1 rings (SSSR count). The van der Waals surface area contributed by atoms with Crippen molar-refractivity contribution in [3.05, 3.63) is 11.7 Å². The predicted octanol–water partition coefficient (Wildman–Crippen LogP) is 1.33. The van der Waals surface area contributed by atoms with Crippen LogP contribution >= 0.6 is 12.4 Å².